The Morgan fingerprint density at radius 2 is 1.59 bits per heavy atom. The highest BCUT2D eigenvalue weighted by molar-refractivity contribution is 5.79. The van der Waals surface area contributed by atoms with E-state index >= 15 is 0 Å². The molecule has 1 amide bonds. The molecule has 0 radical (unpaired) electrons. The predicted molar refractivity (Wildman–Crippen MR) is 83.6 cm³/mol. The highest BCUT2D eigenvalue weighted by atomic mass is 19.1. The summed E-state index contributed by atoms with van der Waals surface area (Å²) in [5.41, 5.74) is 1.08. The van der Waals surface area contributed by atoms with Gasteiger partial charge in [0.15, 0.2) is 0 Å². The van der Waals surface area contributed by atoms with Crippen LogP contribution in [0.15, 0.2) is 24.3 Å². The van der Waals surface area contributed by atoms with Crippen molar-refractivity contribution in [3.8, 4) is 0 Å². The molecular weight excluding hydrogens is 277 g/mol. The Labute approximate surface area is 131 Å². The zero-order valence-corrected chi connectivity index (χ0v) is 12.9. The summed E-state index contributed by atoms with van der Waals surface area (Å²) in [6.07, 6.45) is 7.32. The van der Waals surface area contributed by atoms with Gasteiger partial charge in [0.1, 0.15) is 5.82 Å². The first-order valence-electron chi connectivity index (χ1n) is 8.71. The smallest absolute Gasteiger partial charge is 0.223 e. The Balaban J connectivity index is 1.32. The van der Waals surface area contributed by atoms with Crippen molar-refractivity contribution in [1.82, 2.24) is 5.32 Å². The Morgan fingerprint density at radius 1 is 1.00 bits per heavy atom. The van der Waals surface area contributed by atoms with E-state index in [4.69, 9.17) is 0 Å². The van der Waals surface area contributed by atoms with E-state index in [0.29, 0.717) is 18.4 Å². The third kappa shape index (κ3) is 2.66. The third-order valence-electron chi connectivity index (χ3n) is 6.16. The molecule has 0 unspecified atom stereocenters. The van der Waals surface area contributed by atoms with E-state index in [1.807, 2.05) is 0 Å². The molecule has 4 fully saturated rings. The van der Waals surface area contributed by atoms with E-state index in [-0.39, 0.29) is 17.6 Å². The monoisotopic (exact) mass is 301 g/mol. The molecule has 0 aromatic heterocycles. The molecule has 1 N–H and O–H groups in total. The molecule has 1 aromatic rings. The molecule has 4 aliphatic carbocycles. The molecule has 1 aromatic carbocycles. The first-order valence-corrected chi connectivity index (χ1v) is 8.71. The lowest BCUT2D eigenvalue weighted by Crippen LogP contribution is -2.51. The van der Waals surface area contributed by atoms with Gasteiger partial charge < -0.3 is 5.32 Å². The van der Waals surface area contributed by atoms with Crippen molar-refractivity contribution in [2.45, 2.75) is 38.5 Å². The van der Waals surface area contributed by atoms with Gasteiger partial charge in [0.05, 0.1) is 0 Å². The van der Waals surface area contributed by atoms with Crippen molar-refractivity contribution >= 4 is 5.91 Å². The Morgan fingerprint density at radius 3 is 2.18 bits per heavy atom. The summed E-state index contributed by atoms with van der Waals surface area (Å²) in [7, 11) is 0. The summed E-state index contributed by atoms with van der Waals surface area (Å²) in [6, 6.07) is 6.55. The first kappa shape index (κ1) is 14.2. The van der Waals surface area contributed by atoms with Gasteiger partial charge in [-0.15, -0.1) is 0 Å². The van der Waals surface area contributed by atoms with Crippen LogP contribution in [0.1, 0.15) is 37.7 Å². The number of rotatable bonds is 4. The van der Waals surface area contributed by atoms with Crippen molar-refractivity contribution in [2.24, 2.45) is 29.6 Å². The minimum Gasteiger partial charge on any atom is -0.356 e. The maximum atomic E-state index is 12.9. The predicted octanol–water partition coefficient (Wildman–Crippen LogP) is 3.56. The molecule has 118 valence electrons. The van der Waals surface area contributed by atoms with Gasteiger partial charge >= 0.3 is 0 Å². The lowest BCUT2D eigenvalue weighted by Gasteiger charge is -2.53. The molecule has 5 rings (SSSR count). The first-order chi connectivity index (χ1) is 10.7. The topological polar surface area (TPSA) is 29.1 Å². The maximum Gasteiger partial charge on any atom is 0.223 e. The molecule has 0 aliphatic heterocycles. The molecule has 22 heavy (non-hydrogen) atoms. The molecule has 2 nitrogen and oxygen atoms in total. The summed E-state index contributed by atoms with van der Waals surface area (Å²) in [5.74, 6) is 3.43. The minimum atomic E-state index is -0.207. The van der Waals surface area contributed by atoms with Crippen molar-refractivity contribution in [1.29, 1.82) is 0 Å². The van der Waals surface area contributed by atoms with Crippen LogP contribution in [0.25, 0.3) is 0 Å². The summed E-state index contributed by atoms with van der Waals surface area (Å²) in [4.78, 5) is 12.6. The van der Waals surface area contributed by atoms with Gasteiger partial charge in [0.25, 0.3) is 0 Å². The van der Waals surface area contributed by atoms with E-state index in [0.717, 1.165) is 23.8 Å². The van der Waals surface area contributed by atoms with Crippen LogP contribution < -0.4 is 5.32 Å². The highest BCUT2D eigenvalue weighted by Crippen LogP contribution is 2.56. The fraction of sp³-hybridized carbons (Fsp3) is 0.632. The standard InChI is InChI=1S/C19H24FNO/c20-17-3-1-12(2-4-17)5-6-21-19(22)18-15-8-13-7-14(10-15)11-16(18)9-13/h1-4,13-16,18H,5-11H2,(H,21,22). The lowest BCUT2D eigenvalue weighted by atomic mass is 9.51. The number of hydrogen-bond acceptors (Lipinski definition) is 1. The Kier molecular flexibility index (Phi) is 3.67. The minimum absolute atomic E-state index is 0.207. The van der Waals surface area contributed by atoms with Crippen LogP contribution in [0.3, 0.4) is 0 Å². The highest BCUT2D eigenvalue weighted by Gasteiger charge is 2.50. The quantitative estimate of drug-likeness (QED) is 0.905. The average molecular weight is 301 g/mol. The maximum absolute atomic E-state index is 12.9. The number of carbonyl (C=O) groups excluding carboxylic acids is 1. The van der Waals surface area contributed by atoms with Gasteiger partial charge in [0.2, 0.25) is 5.91 Å². The van der Waals surface area contributed by atoms with Crippen molar-refractivity contribution in [3.05, 3.63) is 35.6 Å². The Hall–Kier alpha value is -1.38. The lowest BCUT2D eigenvalue weighted by molar-refractivity contribution is -0.138. The van der Waals surface area contributed by atoms with Crippen LogP contribution in [-0.4, -0.2) is 12.5 Å². The average Bonchev–Trinajstić information content (AvgIpc) is 2.48. The summed E-state index contributed by atoms with van der Waals surface area (Å²) in [6.45, 7) is 0.660. The summed E-state index contributed by atoms with van der Waals surface area (Å²) >= 11 is 0. The molecule has 4 saturated carbocycles. The molecule has 0 heterocycles. The summed E-state index contributed by atoms with van der Waals surface area (Å²) < 4.78 is 12.9. The fourth-order valence-corrected chi connectivity index (χ4v) is 5.45. The fourth-order valence-electron chi connectivity index (χ4n) is 5.45. The van der Waals surface area contributed by atoms with Crippen LogP contribution >= 0.6 is 0 Å². The van der Waals surface area contributed by atoms with Gasteiger partial charge in [-0.25, -0.2) is 4.39 Å². The van der Waals surface area contributed by atoms with Gasteiger partial charge in [-0.2, -0.15) is 0 Å². The van der Waals surface area contributed by atoms with E-state index in [9.17, 15) is 9.18 Å². The number of hydrogen-bond donors (Lipinski definition) is 1. The zero-order chi connectivity index (χ0) is 15.1. The molecule has 4 bridgehead atoms. The van der Waals surface area contributed by atoms with Gasteiger partial charge in [-0.1, -0.05) is 12.1 Å². The van der Waals surface area contributed by atoms with Crippen LogP contribution in [0, 0.1) is 35.4 Å². The van der Waals surface area contributed by atoms with Crippen LogP contribution in [0.4, 0.5) is 4.39 Å². The number of nitrogens with one attached hydrogen (secondary N) is 1. The molecule has 3 heteroatoms. The van der Waals surface area contributed by atoms with Gasteiger partial charge in [0, 0.05) is 12.5 Å². The zero-order valence-electron chi connectivity index (χ0n) is 12.9. The van der Waals surface area contributed by atoms with Crippen LogP contribution in [0.5, 0.6) is 0 Å². The number of amides is 1. The van der Waals surface area contributed by atoms with E-state index in [2.05, 4.69) is 5.32 Å². The van der Waals surface area contributed by atoms with Crippen molar-refractivity contribution in [2.75, 3.05) is 6.54 Å². The van der Waals surface area contributed by atoms with E-state index in [1.54, 1.807) is 12.1 Å². The third-order valence-corrected chi connectivity index (χ3v) is 6.16. The number of halogens is 1. The molecule has 0 atom stereocenters. The molecule has 0 spiro atoms. The number of benzene rings is 1. The largest absolute Gasteiger partial charge is 0.356 e. The van der Waals surface area contributed by atoms with Gasteiger partial charge in [-0.05, 0) is 79.9 Å². The number of carbonyl (C=O) groups is 1. The van der Waals surface area contributed by atoms with E-state index < -0.39 is 0 Å². The normalized spacial score (nSPS) is 35.6. The second-order valence-electron chi connectivity index (χ2n) is 7.62. The molecule has 4 aliphatic rings. The van der Waals surface area contributed by atoms with Crippen LogP contribution in [0.2, 0.25) is 0 Å². The van der Waals surface area contributed by atoms with E-state index in [1.165, 1.54) is 44.2 Å². The second kappa shape index (κ2) is 5.68. The molecule has 0 saturated heterocycles. The summed E-state index contributed by atoms with van der Waals surface area (Å²) in [5, 5.41) is 3.14. The van der Waals surface area contributed by atoms with Crippen molar-refractivity contribution < 1.29 is 9.18 Å². The SMILES string of the molecule is O=C(NCCc1ccc(F)cc1)C1C2CC3CC(C2)CC1C3. The Bertz CT molecular complexity index is 525. The van der Waals surface area contributed by atoms with Crippen LogP contribution in [-0.2, 0) is 11.2 Å². The van der Waals surface area contributed by atoms with Gasteiger partial charge in [-0.3, -0.25) is 4.79 Å². The molecular formula is C19H24FNO. The van der Waals surface area contributed by atoms with Crippen molar-refractivity contribution in [3.63, 3.8) is 0 Å². The second-order valence-corrected chi connectivity index (χ2v) is 7.62.